The summed E-state index contributed by atoms with van der Waals surface area (Å²) in [5, 5.41) is 0. The molecule has 3 aromatic rings. The van der Waals surface area contributed by atoms with E-state index in [0.717, 1.165) is 84.5 Å². The summed E-state index contributed by atoms with van der Waals surface area (Å²) < 4.78 is 23.8. The molecule has 1 N–H and O–H groups in total. The summed E-state index contributed by atoms with van der Waals surface area (Å²) in [4.78, 5) is 24.6. The molecule has 9 heteroatoms. The number of fused-ring (bicyclic) bond motifs is 3. The van der Waals surface area contributed by atoms with Crippen LogP contribution in [0.4, 0.5) is 5.69 Å². The molecule has 1 unspecified atom stereocenters. The summed E-state index contributed by atoms with van der Waals surface area (Å²) in [5.41, 5.74) is 7.95. The van der Waals surface area contributed by atoms with Gasteiger partial charge in [-0.15, -0.1) is 0 Å². The number of amides is 1. The summed E-state index contributed by atoms with van der Waals surface area (Å²) in [6, 6.07) is 10.9. The van der Waals surface area contributed by atoms with Crippen LogP contribution in [-0.2, 0) is 18.3 Å². The first-order valence-electron chi connectivity index (χ1n) is 15.2. The van der Waals surface area contributed by atoms with E-state index in [1.807, 2.05) is 17.0 Å². The highest BCUT2D eigenvalue weighted by atomic mass is 16.7. The molecule has 4 atom stereocenters. The molecular formula is C33H36N4O5. The van der Waals surface area contributed by atoms with Crippen LogP contribution in [0.25, 0.3) is 0 Å². The number of anilines is 1. The predicted molar refractivity (Wildman–Crippen MR) is 156 cm³/mol. The zero-order valence-corrected chi connectivity index (χ0v) is 24.4. The molecule has 2 aromatic carbocycles. The third-order valence-electron chi connectivity index (χ3n) is 11.2. The van der Waals surface area contributed by atoms with Crippen molar-refractivity contribution in [2.24, 2.45) is 5.92 Å². The molecule has 0 saturated carbocycles. The lowest BCUT2D eigenvalue weighted by Gasteiger charge is -2.57. The van der Waals surface area contributed by atoms with Crippen molar-refractivity contribution < 1.29 is 23.7 Å². The molecule has 4 aliphatic heterocycles. The highest BCUT2D eigenvalue weighted by Crippen LogP contribution is 2.67. The Hall–Kier alpha value is -3.85. The van der Waals surface area contributed by atoms with Gasteiger partial charge in [-0.1, -0.05) is 6.07 Å². The van der Waals surface area contributed by atoms with Gasteiger partial charge in [-0.05, 0) is 80.6 Å². The SMILES string of the molecule is COc1ccc2c3c1O[C@H]1c4[nH]c(C(=O)N5CCN(c6ccc7c(c6)OCO7)CC5)c(C)c4CC4[C@@H](C2)N(C)CC[C@@]341. The van der Waals surface area contributed by atoms with Crippen molar-refractivity contribution in [3.8, 4) is 23.0 Å². The second-order valence-electron chi connectivity index (χ2n) is 12.8. The molecule has 9 rings (SSSR count). The largest absolute Gasteiger partial charge is 0.493 e. The highest BCUT2D eigenvalue weighted by Gasteiger charge is 2.65. The topological polar surface area (TPSA) is 79.5 Å². The minimum absolute atomic E-state index is 0.0848. The van der Waals surface area contributed by atoms with Gasteiger partial charge in [0, 0.05) is 55.0 Å². The Labute approximate surface area is 245 Å². The number of carbonyl (C=O) groups is 1. The predicted octanol–water partition coefficient (Wildman–Crippen LogP) is 3.83. The Morgan fingerprint density at radius 3 is 2.71 bits per heavy atom. The molecule has 0 radical (unpaired) electrons. The monoisotopic (exact) mass is 568 g/mol. The van der Waals surface area contributed by atoms with Crippen molar-refractivity contribution in [3.05, 3.63) is 64.0 Å². The Bertz CT molecular complexity index is 1640. The number of carbonyl (C=O) groups excluding carboxylic acids is 1. The molecule has 42 heavy (non-hydrogen) atoms. The van der Waals surface area contributed by atoms with Gasteiger partial charge in [0.2, 0.25) is 6.79 Å². The molecule has 2 saturated heterocycles. The van der Waals surface area contributed by atoms with Crippen molar-refractivity contribution in [2.75, 3.05) is 58.6 Å². The fraction of sp³-hybridized carbons (Fsp3) is 0.485. The number of piperazine rings is 1. The van der Waals surface area contributed by atoms with Crippen molar-refractivity contribution in [1.29, 1.82) is 0 Å². The number of hydrogen-bond donors (Lipinski definition) is 1. The third kappa shape index (κ3) is 3.09. The maximum Gasteiger partial charge on any atom is 0.270 e. The van der Waals surface area contributed by atoms with E-state index < -0.39 is 0 Å². The van der Waals surface area contributed by atoms with Crippen LogP contribution < -0.4 is 23.8 Å². The lowest BCUT2D eigenvalue weighted by atomic mass is 9.51. The average molecular weight is 569 g/mol. The maximum absolute atomic E-state index is 14.1. The van der Waals surface area contributed by atoms with E-state index >= 15 is 0 Å². The van der Waals surface area contributed by atoms with E-state index in [4.69, 9.17) is 18.9 Å². The Morgan fingerprint density at radius 1 is 1.05 bits per heavy atom. The number of benzene rings is 2. The summed E-state index contributed by atoms with van der Waals surface area (Å²) >= 11 is 0. The van der Waals surface area contributed by atoms with E-state index in [1.54, 1.807) is 7.11 Å². The fourth-order valence-corrected chi connectivity index (χ4v) is 9.06. The Kier molecular flexibility index (Phi) is 5.06. The van der Waals surface area contributed by atoms with Gasteiger partial charge in [-0.3, -0.25) is 4.79 Å². The molecule has 1 aromatic heterocycles. The van der Waals surface area contributed by atoms with Crippen LogP contribution in [0, 0.1) is 12.8 Å². The quantitative estimate of drug-likeness (QED) is 0.515. The molecule has 1 spiro atoms. The van der Waals surface area contributed by atoms with Gasteiger partial charge in [-0.2, -0.15) is 0 Å². The first kappa shape index (κ1) is 24.7. The Morgan fingerprint density at radius 2 is 1.88 bits per heavy atom. The van der Waals surface area contributed by atoms with Crippen LogP contribution in [0.15, 0.2) is 30.3 Å². The number of nitrogens with one attached hydrogen (secondary N) is 1. The smallest absolute Gasteiger partial charge is 0.270 e. The van der Waals surface area contributed by atoms with Gasteiger partial charge in [0.1, 0.15) is 11.8 Å². The third-order valence-corrected chi connectivity index (χ3v) is 11.2. The number of likely N-dealkylation sites (N-methyl/N-ethyl adjacent to an activating group) is 1. The van der Waals surface area contributed by atoms with Gasteiger partial charge in [0.15, 0.2) is 23.0 Å². The van der Waals surface area contributed by atoms with E-state index in [1.165, 1.54) is 16.7 Å². The van der Waals surface area contributed by atoms with Crippen molar-refractivity contribution in [2.45, 2.75) is 43.7 Å². The Balaban J connectivity index is 1.03. The zero-order valence-electron chi connectivity index (χ0n) is 24.4. The van der Waals surface area contributed by atoms with Crippen LogP contribution >= 0.6 is 0 Å². The summed E-state index contributed by atoms with van der Waals surface area (Å²) in [6.07, 6.45) is 2.92. The molecule has 2 bridgehead atoms. The second-order valence-corrected chi connectivity index (χ2v) is 12.8. The lowest BCUT2D eigenvalue weighted by Crippen LogP contribution is -2.62. The van der Waals surface area contributed by atoms with Gasteiger partial charge in [0.25, 0.3) is 5.91 Å². The standard InChI is InChI=1S/C33H36N4O5/c1-18-21-16-22-23-14-19-4-6-25(39-3)30-27(19)33(22,8-9-35(23)2)31(42-30)29(21)34-28(18)32(38)37-12-10-36(11-13-37)20-5-7-24-26(15-20)41-17-40-24/h4-7,15,22-23,31,34H,8-14,16-17H2,1-3H3/t22?,23-,31+,33+/m1/s1. The van der Waals surface area contributed by atoms with Crippen LogP contribution in [0.2, 0.25) is 0 Å². The number of methoxy groups -OCH3 is 1. The van der Waals surface area contributed by atoms with Gasteiger partial charge in [0.05, 0.1) is 12.8 Å². The van der Waals surface area contributed by atoms with Crippen molar-refractivity contribution in [3.63, 3.8) is 0 Å². The molecule has 9 nitrogen and oxygen atoms in total. The minimum Gasteiger partial charge on any atom is -0.493 e. The molecule has 5 heterocycles. The van der Waals surface area contributed by atoms with Crippen LogP contribution in [0.3, 0.4) is 0 Å². The van der Waals surface area contributed by atoms with Gasteiger partial charge < -0.3 is 38.6 Å². The number of nitrogens with zero attached hydrogens (tertiary/aromatic N) is 3. The van der Waals surface area contributed by atoms with E-state index in [-0.39, 0.29) is 24.2 Å². The number of rotatable bonds is 3. The van der Waals surface area contributed by atoms with Gasteiger partial charge in [-0.25, -0.2) is 0 Å². The molecule has 218 valence electrons. The molecule has 6 aliphatic rings. The first-order valence-corrected chi connectivity index (χ1v) is 15.2. The molecule has 1 amide bonds. The maximum atomic E-state index is 14.1. The van der Waals surface area contributed by atoms with E-state index in [0.29, 0.717) is 25.0 Å². The van der Waals surface area contributed by atoms with E-state index in [2.05, 4.69) is 47.0 Å². The zero-order chi connectivity index (χ0) is 28.3. The molecule has 2 fully saturated rings. The number of aromatic amines is 1. The van der Waals surface area contributed by atoms with Gasteiger partial charge >= 0.3 is 0 Å². The minimum atomic E-state index is -0.129. The summed E-state index contributed by atoms with van der Waals surface area (Å²) in [6.45, 7) is 6.32. The number of piperidine rings is 1. The summed E-state index contributed by atoms with van der Waals surface area (Å²) in [7, 11) is 4.00. The molecule has 2 aliphatic carbocycles. The number of H-pyrrole nitrogens is 1. The fourth-order valence-electron chi connectivity index (χ4n) is 9.06. The first-order chi connectivity index (χ1) is 20.5. The van der Waals surface area contributed by atoms with Crippen LogP contribution in [-0.4, -0.2) is 80.4 Å². The average Bonchev–Trinajstić information content (AvgIpc) is 3.72. The van der Waals surface area contributed by atoms with Crippen molar-refractivity contribution >= 4 is 11.6 Å². The van der Waals surface area contributed by atoms with Crippen molar-refractivity contribution in [1.82, 2.24) is 14.8 Å². The van der Waals surface area contributed by atoms with E-state index in [9.17, 15) is 4.79 Å². The highest BCUT2D eigenvalue weighted by molar-refractivity contribution is 5.95. The lowest BCUT2D eigenvalue weighted by molar-refractivity contribution is -0.0256. The molecular weight excluding hydrogens is 532 g/mol. The number of ether oxygens (including phenoxy) is 4. The van der Waals surface area contributed by atoms with Crippen LogP contribution in [0.1, 0.15) is 51.0 Å². The number of likely N-dealkylation sites (tertiary alicyclic amines) is 1. The number of hydrogen-bond acceptors (Lipinski definition) is 7. The van der Waals surface area contributed by atoms with Crippen LogP contribution in [0.5, 0.6) is 23.0 Å². The number of aromatic nitrogens is 1. The normalized spacial score (nSPS) is 28.3. The second kappa shape index (κ2) is 8.60. The summed E-state index contributed by atoms with van der Waals surface area (Å²) in [5.74, 6) is 3.84.